The number of esters is 1. The standard InChI is InChI=1S/C11H13NO2/c1-3-14-11(13)5-4-10-6-7-12-9(2)8-10/h4-8H,3H2,1-2H3/b5-4+. The number of carbonyl (C=O) groups excluding carboxylic acids is 1. The van der Waals surface area contributed by atoms with Gasteiger partial charge < -0.3 is 4.74 Å². The molecule has 0 radical (unpaired) electrons. The second-order valence-corrected chi connectivity index (χ2v) is 2.82. The molecule has 1 aromatic heterocycles. The predicted molar refractivity (Wildman–Crippen MR) is 54.6 cm³/mol. The van der Waals surface area contributed by atoms with Crippen LogP contribution in [0.25, 0.3) is 6.08 Å². The van der Waals surface area contributed by atoms with Crippen molar-refractivity contribution in [2.45, 2.75) is 13.8 Å². The van der Waals surface area contributed by atoms with Gasteiger partial charge in [-0.2, -0.15) is 0 Å². The molecule has 0 atom stereocenters. The van der Waals surface area contributed by atoms with Gasteiger partial charge in [-0.1, -0.05) is 0 Å². The quantitative estimate of drug-likeness (QED) is 0.541. The van der Waals surface area contributed by atoms with E-state index >= 15 is 0 Å². The van der Waals surface area contributed by atoms with Gasteiger partial charge in [-0.25, -0.2) is 4.79 Å². The summed E-state index contributed by atoms with van der Waals surface area (Å²) in [4.78, 5) is 15.0. The molecule has 1 aromatic rings. The highest BCUT2D eigenvalue weighted by atomic mass is 16.5. The first kappa shape index (κ1) is 10.4. The Morgan fingerprint density at radius 1 is 1.64 bits per heavy atom. The SMILES string of the molecule is CCOC(=O)/C=C/c1ccnc(C)c1. The molecule has 14 heavy (non-hydrogen) atoms. The van der Waals surface area contributed by atoms with Crippen LogP contribution in [0.3, 0.4) is 0 Å². The van der Waals surface area contributed by atoms with E-state index < -0.39 is 0 Å². The fourth-order valence-corrected chi connectivity index (χ4v) is 1.03. The number of pyridine rings is 1. The number of ether oxygens (including phenoxy) is 1. The Labute approximate surface area is 83.4 Å². The van der Waals surface area contributed by atoms with E-state index in [1.807, 2.05) is 19.1 Å². The van der Waals surface area contributed by atoms with Gasteiger partial charge >= 0.3 is 5.97 Å². The molecule has 0 aliphatic carbocycles. The van der Waals surface area contributed by atoms with E-state index in [-0.39, 0.29) is 5.97 Å². The van der Waals surface area contributed by atoms with Crippen molar-refractivity contribution in [2.24, 2.45) is 0 Å². The zero-order chi connectivity index (χ0) is 10.4. The van der Waals surface area contributed by atoms with Gasteiger partial charge in [0.05, 0.1) is 6.61 Å². The average molecular weight is 191 g/mol. The van der Waals surface area contributed by atoms with Crippen molar-refractivity contribution in [3.63, 3.8) is 0 Å². The highest BCUT2D eigenvalue weighted by Gasteiger charge is 1.93. The van der Waals surface area contributed by atoms with Crippen LogP contribution in [0.1, 0.15) is 18.2 Å². The molecule has 0 bridgehead atoms. The van der Waals surface area contributed by atoms with Gasteiger partial charge in [0, 0.05) is 18.0 Å². The Kier molecular flexibility index (Phi) is 3.85. The Bertz CT molecular complexity index is 345. The topological polar surface area (TPSA) is 39.2 Å². The summed E-state index contributed by atoms with van der Waals surface area (Å²) in [5, 5.41) is 0. The Balaban J connectivity index is 2.64. The van der Waals surface area contributed by atoms with E-state index in [0.29, 0.717) is 6.61 Å². The van der Waals surface area contributed by atoms with Gasteiger partial charge in [-0.05, 0) is 37.6 Å². The molecule has 1 heterocycles. The minimum atomic E-state index is -0.318. The third kappa shape index (κ3) is 3.39. The van der Waals surface area contributed by atoms with Gasteiger partial charge in [0.2, 0.25) is 0 Å². The van der Waals surface area contributed by atoms with E-state index in [1.54, 1.807) is 19.2 Å². The number of hydrogen-bond donors (Lipinski definition) is 0. The van der Waals surface area contributed by atoms with E-state index in [4.69, 9.17) is 4.74 Å². The zero-order valence-electron chi connectivity index (χ0n) is 8.36. The summed E-state index contributed by atoms with van der Waals surface area (Å²) in [6, 6.07) is 3.73. The van der Waals surface area contributed by atoms with E-state index in [1.165, 1.54) is 6.08 Å². The zero-order valence-corrected chi connectivity index (χ0v) is 8.36. The highest BCUT2D eigenvalue weighted by molar-refractivity contribution is 5.86. The molecule has 0 amide bonds. The first-order chi connectivity index (χ1) is 6.72. The van der Waals surface area contributed by atoms with Crippen molar-refractivity contribution in [1.82, 2.24) is 4.98 Å². The van der Waals surface area contributed by atoms with Gasteiger partial charge in [0.25, 0.3) is 0 Å². The lowest BCUT2D eigenvalue weighted by Crippen LogP contribution is -1.98. The molecule has 0 aliphatic heterocycles. The van der Waals surface area contributed by atoms with Gasteiger partial charge in [-0.15, -0.1) is 0 Å². The fraction of sp³-hybridized carbons (Fsp3) is 0.273. The van der Waals surface area contributed by atoms with Crippen LogP contribution in [0.5, 0.6) is 0 Å². The lowest BCUT2D eigenvalue weighted by molar-refractivity contribution is -0.137. The first-order valence-corrected chi connectivity index (χ1v) is 4.50. The summed E-state index contributed by atoms with van der Waals surface area (Å²) in [5.74, 6) is -0.318. The third-order valence-corrected chi connectivity index (χ3v) is 1.62. The van der Waals surface area contributed by atoms with Gasteiger partial charge in [0.15, 0.2) is 0 Å². The van der Waals surface area contributed by atoms with Crippen molar-refractivity contribution in [1.29, 1.82) is 0 Å². The van der Waals surface area contributed by atoms with Crippen LogP contribution < -0.4 is 0 Å². The van der Waals surface area contributed by atoms with Crippen molar-refractivity contribution >= 4 is 12.0 Å². The second-order valence-electron chi connectivity index (χ2n) is 2.82. The summed E-state index contributed by atoms with van der Waals surface area (Å²) in [6.07, 6.45) is 4.84. The van der Waals surface area contributed by atoms with Crippen molar-refractivity contribution < 1.29 is 9.53 Å². The lowest BCUT2D eigenvalue weighted by atomic mass is 10.2. The fourth-order valence-electron chi connectivity index (χ4n) is 1.03. The minimum Gasteiger partial charge on any atom is -0.463 e. The number of hydrogen-bond acceptors (Lipinski definition) is 3. The second kappa shape index (κ2) is 5.17. The molecular formula is C11H13NO2. The van der Waals surface area contributed by atoms with Crippen LogP contribution in [0.15, 0.2) is 24.4 Å². The molecule has 0 saturated heterocycles. The molecule has 74 valence electrons. The van der Waals surface area contributed by atoms with Crippen molar-refractivity contribution in [3.05, 3.63) is 35.7 Å². The molecule has 0 unspecified atom stereocenters. The molecule has 0 saturated carbocycles. The monoisotopic (exact) mass is 191 g/mol. The Morgan fingerprint density at radius 2 is 2.43 bits per heavy atom. The van der Waals surface area contributed by atoms with Crippen LogP contribution in [0, 0.1) is 6.92 Å². The normalized spacial score (nSPS) is 10.4. The number of carbonyl (C=O) groups is 1. The summed E-state index contributed by atoms with van der Waals surface area (Å²) >= 11 is 0. The maximum absolute atomic E-state index is 11.0. The number of rotatable bonds is 3. The van der Waals surface area contributed by atoms with Crippen LogP contribution in [-0.4, -0.2) is 17.6 Å². The summed E-state index contributed by atoms with van der Waals surface area (Å²) in [7, 11) is 0. The molecule has 0 fully saturated rings. The number of aromatic nitrogens is 1. The first-order valence-electron chi connectivity index (χ1n) is 4.50. The van der Waals surface area contributed by atoms with Gasteiger partial charge in [-0.3, -0.25) is 4.98 Å². The van der Waals surface area contributed by atoms with Crippen molar-refractivity contribution in [3.8, 4) is 0 Å². The predicted octanol–water partition coefficient (Wildman–Crippen LogP) is 1.97. The Morgan fingerprint density at radius 3 is 3.07 bits per heavy atom. The molecule has 1 rings (SSSR count). The minimum absolute atomic E-state index is 0.318. The Hall–Kier alpha value is -1.64. The molecule has 3 heteroatoms. The van der Waals surface area contributed by atoms with E-state index in [0.717, 1.165) is 11.3 Å². The van der Waals surface area contributed by atoms with E-state index in [9.17, 15) is 4.79 Å². The maximum atomic E-state index is 11.0. The van der Waals surface area contributed by atoms with Crippen LogP contribution in [0.4, 0.5) is 0 Å². The molecule has 0 aromatic carbocycles. The van der Waals surface area contributed by atoms with Crippen LogP contribution in [0.2, 0.25) is 0 Å². The van der Waals surface area contributed by atoms with Gasteiger partial charge in [0.1, 0.15) is 0 Å². The average Bonchev–Trinajstić information content (AvgIpc) is 2.15. The lowest BCUT2D eigenvalue weighted by Gasteiger charge is -1.96. The smallest absolute Gasteiger partial charge is 0.330 e. The maximum Gasteiger partial charge on any atom is 0.330 e. The summed E-state index contributed by atoms with van der Waals surface area (Å²) < 4.78 is 4.75. The molecule has 0 N–H and O–H groups in total. The van der Waals surface area contributed by atoms with E-state index in [2.05, 4.69) is 4.98 Å². The molecule has 3 nitrogen and oxygen atoms in total. The summed E-state index contributed by atoms with van der Waals surface area (Å²) in [6.45, 7) is 4.09. The number of aryl methyl sites for hydroxylation is 1. The van der Waals surface area contributed by atoms with Crippen LogP contribution >= 0.6 is 0 Å². The number of nitrogens with zero attached hydrogens (tertiary/aromatic N) is 1. The van der Waals surface area contributed by atoms with Crippen LogP contribution in [-0.2, 0) is 9.53 Å². The third-order valence-electron chi connectivity index (χ3n) is 1.62. The molecular weight excluding hydrogens is 178 g/mol. The molecule has 0 spiro atoms. The summed E-state index contributed by atoms with van der Waals surface area (Å²) in [5.41, 5.74) is 1.88. The highest BCUT2D eigenvalue weighted by Crippen LogP contribution is 2.02. The largest absolute Gasteiger partial charge is 0.463 e. The van der Waals surface area contributed by atoms with Crippen molar-refractivity contribution in [2.75, 3.05) is 6.61 Å². The molecule has 0 aliphatic rings.